The first-order valence-corrected chi connectivity index (χ1v) is 7.78. The Labute approximate surface area is 147 Å². The van der Waals surface area contributed by atoms with E-state index in [4.69, 9.17) is 4.74 Å². The smallest absolute Gasteiger partial charge is 0.416 e. The first-order chi connectivity index (χ1) is 12.3. The fraction of sp³-hybridized carbons (Fsp3) is 0.158. The number of ether oxygens (including phenoxy) is 1. The maximum absolute atomic E-state index is 12.5. The van der Waals surface area contributed by atoms with Crippen LogP contribution in [-0.4, -0.2) is 25.0 Å². The molecule has 0 saturated carbocycles. The van der Waals surface area contributed by atoms with Crippen LogP contribution in [0.5, 0.6) is 0 Å². The Kier molecular flexibility index (Phi) is 4.79. The molecule has 0 bridgehead atoms. The number of alkyl halides is 3. The van der Waals surface area contributed by atoms with Gasteiger partial charge in [0, 0.05) is 11.3 Å². The molecule has 0 N–H and O–H groups in total. The van der Waals surface area contributed by atoms with E-state index < -0.39 is 17.8 Å². The van der Waals surface area contributed by atoms with Gasteiger partial charge in [-0.1, -0.05) is 30.3 Å². The highest BCUT2D eigenvalue weighted by atomic mass is 19.4. The highest BCUT2D eigenvalue weighted by Gasteiger charge is 2.29. The third-order valence-corrected chi connectivity index (χ3v) is 3.87. The average molecular weight is 361 g/mol. The Morgan fingerprint density at radius 1 is 1.12 bits per heavy atom. The number of rotatable bonds is 4. The minimum Gasteiger partial charge on any atom is -0.447 e. The number of hydrogen-bond acceptors (Lipinski definition) is 3. The Morgan fingerprint density at radius 2 is 1.85 bits per heavy atom. The maximum atomic E-state index is 12.5. The minimum atomic E-state index is -4.39. The van der Waals surface area contributed by atoms with Crippen LogP contribution in [-0.2, 0) is 10.9 Å². The summed E-state index contributed by atoms with van der Waals surface area (Å²) in [6.45, 7) is 0.711. The largest absolute Gasteiger partial charge is 0.447 e. The van der Waals surface area contributed by atoms with Gasteiger partial charge in [0.25, 0.3) is 0 Å². The Bertz CT molecular complexity index is 857. The van der Waals surface area contributed by atoms with E-state index in [-0.39, 0.29) is 5.78 Å². The minimum absolute atomic E-state index is 0.296. The number of carbonyl (C=O) groups excluding carboxylic acids is 2. The van der Waals surface area contributed by atoms with E-state index in [2.05, 4.69) is 0 Å². The number of anilines is 1. The summed E-state index contributed by atoms with van der Waals surface area (Å²) in [5, 5.41) is 0. The van der Waals surface area contributed by atoms with Crippen LogP contribution in [0.25, 0.3) is 6.08 Å². The number of allylic oxidation sites excluding steroid dienone is 1. The van der Waals surface area contributed by atoms with Crippen LogP contribution in [0.15, 0.2) is 54.6 Å². The first-order valence-electron chi connectivity index (χ1n) is 7.78. The number of amides is 1. The van der Waals surface area contributed by atoms with Gasteiger partial charge in [0.1, 0.15) is 6.61 Å². The van der Waals surface area contributed by atoms with E-state index in [9.17, 15) is 22.8 Å². The molecule has 0 aliphatic carbocycles. The summed E-state index contributed by atoms with van der Waals surface area (Å²) in [5.74, 6) is -0.320. The number of hydrogen-bond donors (Lipinski definition) is 0. The van der Waals surface area contributed by atoms with Gasteiger partial charge in [-0.2, -0.15) is 13.2 Å². The number of halogens is 3. The zero-order chi connectivity index (χ0) is 18.7. The predicted octanol–water partition coefficient (Wildman–Crippen LogP) is 4.56. The van der Waals surface area contributed by atoms with E-state index in [1.807, 2.05) is 0 Å². The molecule has 134 valence electrons. The van der Waals surface area contributed by atoms with E-state index in [1.165, 1.54) is 29.2 Å². The fourth-order valence-electron chi connectivity index (χ4n) is 2.51. The second-order valence-corrected chi connectivity index (χ2v) is 5.63. The first kappa shape index (κ1) is 17.7. The quantitative estimate of drug-likeness (QED) is 0.593. The second-order valence-electron chi connectivity index (χ2n) is 5.63. The topological polar surface area (TPSA) is 46.6 Å². The van der Waals surface area contributed by atoms with Crippen LogP contribution in [0, 0.1) is 0 Å². The third kappa shape index (κ3) is 3.93. The third-order valence-electron chi connectivity index (χ3n) is 3.87. The van der Waals surface area contributed by atoms with Gasteiger partial charge in [-0.05, 0) is 35.9 Å². The summed E-state index contributed by atoms with van der Waals surface area (Å²) in [5.41, 5.74) is 0.656. The van der Waals surface area contributed by atoms with Crippen molar-refractivity contribution in [2.24, 2.45) is 0 Å². The standard InChI is InChI=1S/C19H14F3NO3/c20-19(21,22)15-7-4-13(5-8-15)6-9-17(24)14-2-1-3-16(12-14)23-10-11-26-18(23)25/h1-9,12H,10-11H2. The zero-order valence-electron chi connectivity index (χ0n) is 13.5. The van der Waals surface area contributed by atoms with Crippen molar-refractivity contribution in [2.75, 3.05) is 18.1 Å². The van der Waals surface area contributed by atoms with Crippen LogP contribution in [0.1, 0.15) is 21.5 Å². The lowest BCUT2D eigenvalue weighted by molar-refractivity contribution is -0.137. The molecule has 1 fully saturated rings. The predicted molar refractivity (Wildman–Crippen MR) is 89.9 cm³/mol. The van der Waals surface area contributed by atoms with Gasteiger partial charge in [-0.15, -0.1) is 0 Å². The molecule has 0 unspecified atom stereocenters. The summed E-state index contributed by atoms with van der Waals surface area (Å²) in [4.78, 5) is 25.3. The van der Waals surface area contributed by atoms with E-state index in [1.54, 1.807) is 24.3 Å². The van der Waals surface area contributed by atoms with E-state index in [0.717, 1.165) is 12.1 Å². The maximum Gasteiger partial charge on any atom is 0.416 e. The molecular formula is C19H14F3NO3. The Hall–Kier alpha value is -3.09. The van der Waals surface area contributed by atoms with Crippen LogP contribution in [0.2, 0.25) is 0 Å². The van der Waals surface area contributed by atoms with Crippen molar-refractivity contribution in [3.63, 3.8) is 0 Å². The Balaban J connectivity index is 1.73. The summed E-state index contributed by atoms with van der Waals surface area (Å²) < 4.78 is 42.5. The van der Waals surface area contributed by atoms with Crippen molar-refractivity contribution >= 4 is 23.6 Å². The second kappa shape index (κ2) is 7.03. The van der Waals surface area contributed by atoms with Crippen molar-refractivity contribution in [1.29, 1.82) is 0 Å². The SMILES string of the molecule is O=C(C=Cc1ccc(C(F)(F)F)cc1)c1cccc(N2CCOC2=O)c1. The van der Waals surface area contributed by atoms with Crippen molar-refractivity contribution in [2.45, 2.75) is 6.18 Å². The molecule has 3 rings (SSSR count). The molecule has 0 spiro atoms. The number of carbonyl (C=O) groups is 2. The highest BCUT2D eigenvalue weighted by Crippen LogP contribution is 2.29. The van der Waals surface area contributed by atoms with Crippen LogP contribution in [0.4, 0.5) is 23.7 Å². The molecule has 2 aromatic rings. The van der Waals surface area contributed by atoms with Crippen LogP contribution in [0.3, 0.4) is 0 Å². The summed E-state index contributed by atoms with van der Waals surface area (Å²) in [6, 6.07) is 11.0. The molecule has 26 heavy (non-hydrogen) atoms. The van der Waals surface area contributed by atoms with Crippen molar-refractivity contribution < 1.29 is 27.5 Å². The fourth-order valence-corrected chi connectivity index (χ4v) is 2.51. The van der Waals surface area contributed by atoms with Gasteiger partial charge in [-0.3, -0.25) is 9.69 Å². The molecule has 1 heterocycles. The van der Waals surface area contributed by atoms with E-state index >= 15 is 0 Å². The van der Waals surface area contributed by atoms with E-state index in [0.29, 0.717) is 30.0 Å². The van der Waals surface area contributed by atoms with Crippen molar-refractivity contribution in [1.82, 2.24) is 0 Å². The summed E-state index contributed by atoms with van der Waals surface area (Å²) >= 11 is 0. The van der Waals surface area contributed by atoms with Gasteiger partial charge in [-0.25, -0.2) is 4.79 Å². The number of nitrogens with zero attached hydrogens (tertiary/aromatic N) is 1. The van der Waals surface area contributed by atoms with Gasteiger partial charge >= 0.3 is 12.3 Å². The molecule has 1 amide bonds. The molecule has 2 aromatic carbocycles. The lowest BCUT2D eigenvalue weighted by Crippen LogP contribution is -2.23. The van der Waals surface area contributed by atoms with Crippen molar-refractivity contribution in [3.05, 3.63) is 71.3 Å². The van der Waals surface area contributed by atoms with Crippen molar-refractivity contribution in [3.8, 4) is 0 Å². The monoisotopic (exact) mass is 361 g/mol. The molecule has 0 atom stereocenters. The summed E-state index contributed by atoms with van der Waals surface area (Å²) in [7, 11) is 0. The lowest BCUT2D eigenvalue weighted by Gasteiger charge is -2.13. The van der Waals surface area contributed by atoms with Crippen LogP contribution >= 0.6 is 0 Å². The average Bonchev–Trinajstić information content (AvgIpc) is 3.05. The molecule has 0 aromatic heterocycles. The van der Waals surface area contributed by atoms with Gasteiger partial charge in [0.2, 0.25) is 0 Å². The molecular weight excluding hydrogens is 347 g/mol. The van der Waals surface area contributed by atoms with Gasteiger partial charge in [0.15, 0.2) is 5.78 Å². The zero-order valence-corrected chi connectivity index (χ0v) is 13.5. The molecule has 1 saturated heterocycles. The molecule has 1 aliphatic rings. The summed E-state index contributed by atoms with van der Waals surface area (Å²) in [6.07, 6.45) is -2.13. The molecule has 0 radical (unpaired) electrons. The van der Waals surface area contributed by atoms with Gasteiger partial charge < -0.3 is 4.74 Å². The number of cyclic esters (lactones) is 1. The van der Waals surface area contributed by atoms with Crippen LogP contribution < -0.4 is 4.90 Å². The van der Waals surface area contributed by atoms with Gasteiger partial charge in [0.05, 0.1) is 12.1 Å². The lowest BCUT2D eigenvalue weighted by atomic mass is 10.1. The number of benzene rings is 2. The molecule has 7 heteroatoms. The highest BCUT2D eigenvalue weighted by molar-refractivity contribution is 6.07. The molecule has 1 aliphatic heterocycles. The molecule has 4 nitrogen and oxygen atoms in total. The number of ketones is 1. The normalized spacial score (nSPS) is 14.7. The Morgan fingerprint density at radius 3 is 2.46 bits per heavy atom.